The number of rotatable bonds is 13. The summed E-state index contributed by atoms with van der Waals surface area (Å²) in [7, 11) is -4.20. The predicted molar refractivity (Wildman–Crippen MR) is 163 cm³/mol. The fourth-order valence-electron chi connectivity index (χ4n) is 3.97. The molecule has 0 bridgehead atoms. The SMILES string of the molecule is CCOc1ccc(N(CC(=O)N(Cc2ccc(Cl)cc2)[C@@H](C)C(=O)N[C@@H](C)CC)S(=O)(=O)c2ccc(Cl)cc2)cc1. The zero-order chi connectivity index (χ0) is 30.2. The first-order valence-electron chi connectivity index (χ1n) is 13.3. The molecule has 0 aliphatic carbocycles. The zero-order valence-corrected chi connectivity index (χ0v) is 25.8. The molecule has 3 aromatic rings. The van der Waals surface area contributed by atoms with E-state index in [4.69, 9.17) is 27.9 Å². The number of anilines is 1. The molecule has 0 spiro atoms. The topological polar surface area (TPSA) is 96.0 Å². The predicted octanol–water partition coefficient (Wildman–Crippen LogP) is 5.92. The molecule has 1 N–H and O–H groups in total. The van der Waals surface area contributed by atoms with Gasteiger partial charge in [0.25, 0.3) is 10.0 Å². The number of sulfonamides is 1. The van der Waals surface area contributed by atoms with Crippen LogP contribution in [0.25, 0.3) is 0 Å². The summed E-state index contributed by atoms with van der Waals surface area (Å²) in [6.07, 6.45) is 0.717. The van der Waals surface area contributed by atoms with Gasteiger partial charge in [-0.15, -0.1) is 0 Å². The second-order valence-electron chi connectivity index (χ2n) is 9.53. The number of hydrogen-bond acceptors (Lipinski definition) is 5. The number of carbonyl (C=O) groups is 2. The summed E-state index contributed by atoms with van der Waals surface area (Å²) in [5.74, 6) is -0.334. The molecule has 0 saturated carbocycles. The van der Waals surface area contributed by atoms with E-state index in [2.05, 4.69) is 5.32 Å². The van der Waals surface area contributed by atoms with Gasteiger partial charge in [0.1, 0.15) is 18.3 Å². The molecule has 0 aromatic heterocycles. The molecule has 0 aliphatic rings. The largest absolute Gasteiger partial charge is 0.494 e. The molecule has 220 valence electrons. The number of nitrogens with zero attached hydrogens (tertiary/aromatic N) is 2. The zero-order valence-electron chi connectivity index (χ0n) is 23.5. The van der Waals surface area contributed by atoms with Gasteiger partial charge in [-0.05, 0) is 93.4 Å². The lowest BCUT2D eigenvalue weighted by atomic mass is 10.1. The molecule has 11 heteroatoms. The van der Waals surface area contributed by atoms with Crippen molar-refractivity contribution in [3.05, 3.63) is 88.4 Å². The Balaban J connectivity index is 2.02. The van der Waals surface area contributed by atoms with Crippen molar-refractivity contribution in [2.75, 3.05) is 17.5 Å². The van der Waals surface area contributed by atoms with Crippen molar-refractivity contribution in [3.8, 4) is 5.75 Å². The Hall–Kier alpha value is -3.27. The van der Waals surface area contributed by atoms with Gasteiger partial charge in [-0.25, -0.2) is 8.42 Å². The Morgan fingerprint density at radius 1 is 0.878 bits per heavy atom. The second kappa shape index (κ2) is 14.6. The van der Waals surface area contributed by atoms with Crippen molar-refractivity contribution in [1.82, 2.24) is 10.2 Å². The average molecular weight is 621 g/mol. The lowest BCUT2D eigenvalue weighted by molar-refractivity contribution is -0.139. The van der Waals surface area contributed by atoms with Gasteiger partial charge < -0.3 is 15.0 Å². The number of halogens is 2. The van der Waals surface area contributed by atoms with Crippen LogP contribution in [0.4, 0.5) is 5.69 Å². The van der Waals surface area contributed by atoms with Gasteiger partial charge >= 0.3 is 0 Å². The highest BCUT2D eigenvalue weighted by atomic mass is 35.5. The average Bonchev–Trinajstić information content (AvgIpc) is 2.95. The van der Waals surface area contributed by atoms with Crippen LogP contribution in [0.1, 0.15) is 39.7 Å². The third-order valence-electron chi connectivity index (χ3n) is 6.55. The van der Waals surface area contributed by atoms with Crippen molar-refractivity contribution in [2.24, 2.45) is 0 Å². The van der Waals surface area contributed by atoms with Gasteiger partial charge in [0.05, 0.1) is 17.2 Å². The molecule has 3 aromatic carbocycles. The van der Waals surface area contributed by atoms with E-state index < -0.39 is 28.5 Å². The van der Waals surface area contributed by atoms with Gasteiger partial charge in [-0.2, -0.15) is 0 Å². The third-order valence-corrected chi connectivity index (χ3v) is 8.84. The second-order valence-corrected chi connectivity index (χ2v) is 12.3. The van der Waals surface area contributed by atoms with Crippen molar-refractivity contribution in [3.63, 3.8) is 0 Å². The van der Waals surface area contributed by atoms with Gasteiger partial charge in [-0.3, -0.25) is 13.9 Å². The minimum Gasteiger partial charge on any atom is -0.494 e. The first-order chi connectivity index (χ1) is 19.5. The number of carbonyl (C=O) groups excluding carboxylic acids is 2. The van der Waals surface area contributed by atoms with Crippen molar-refractivity contribution in [2.45, 2.75) is 57.6 Å². The molecule has 0 unspecified atom stereocenters. The molecule has 3 rings (SSSR count). The summed E-state index contributed by atoms with van der Waals surface area (Å²) in [6, 6.07) is 18.1. The van der Waals surface area contributed by atoms with E-state index in [0.717, 1.165) is 9.87 Å². The van der Waals surface area contributed by atoms with E-state index in [9.17, 15) is 18.0 Å². The van der Waals surface area contributed by atoms with E-state index >= 15 is 0 Å². The number of nitrogens with one attached hydrogen (secondary N) is 1. The molecular formula is C30H35Cl2N3O5S. The van der Waals surface area contributed by atoms with Crippen LogP contribution >= 0.6 is 23.2 Å². The van der Waals surface area contributed by atoms with E-state index in [1.54, 1.807) is 55.5 Å². The molecule has 0 aliphatic heterocycles. The van der Waals surface area contributed by atoms with Crippen LogP contribution in [0.2, 0.25) is 10.0 Å². The van der Waals surface area contributed by atoms with Crippen LogP contribution in [-0.2, 0) is 26.2 Å². The minimum atomic E-state index is -4.20. The highest BCUT2D eigenvalue weighted by Gasteiger charge is 2.32. The lowest BCUT2D eigenvalue weighted by Crippen LogP contribution is -2.52. The maximum absolute atomic E-state index is 14.0. The number of benzene rings is 3. The summed E-state index contributed by atoms with van der Waals surface area (Å²) >= 11 is 12.0. The summed E-state index contributed by atoms with van der Waals surface area (Å²) in [6.45, 7) is 7.26. The van der Waals surface area contributed by atoms with E-state index in [1.165, 1.54) is 29.2 Å². The highest BCUT2D eigenvalue weighted by molar-refractivity contribution is 7.92. The molecule has 0 radical (unpaired) electrons. The summed E-state index contributed by atoms with van der Waals surface area (Å²) in [4.78, 5) is 28.4. The van der Waals surface area contributed by atoms with Crippen LogP contribution < -0.4 is 14.4 Å². The van der Waals surface area contributed by atoms with Crippen molar-refractivity contribution < 1.29 is 22.7 Å². The summed E-state index contributed by atoms with van der Waals surface area (Å²) in [5, 5.41) is 3.82. The standard InChI is InChI=1S/C30H35Cl2N3O5S/c1-5-21(3)33-30(37)22(4)34(19-23-7-9-24(31)10-8-23)29(36)20-35(26-13-15-27(16-14-26)40-6-2)41(38,39)28-17-11-25(32)12-18-28/h7-18,21-22H,5-6,19-20H2,1-4H3,(H,33,37)/t21-,22-/m0/s1. The quantitative estimate of drug-likeness (QED) is 0.256. The molecule has 8 nitrogen and oxygen atoms in total. The van der Waals surface area contributed by atoms with Gasteiger partial charge in [0.2, 0.25) is 11.8 Å². The third kappa shape index (κ3) is 8.61. The lowest BCUT2D eigenvalue weighted by Gasteiger charge is -2.32. The Bertz CT molecular complexity index is 1420. The van der Waals surface area contributed by atoms with E-state index in [0.29, 0.717) is 28.8 Å². The fourth-order valence-corrected chi connectivity index (χ4v) is 5.64. The number of amides is 2. The van der Waals surface area contributed by atoms with Gasteiger partial charge in [0.15, 0.2) is 0 Å². The summed E-state index contributed by atoms with van der Waals surface area (Å²) < 4.78 is 34.3. The number of hydrogen-bond donors (Lipinski definition) is 1. The molecule has 2 atom stereocenters. The van der Waals surface area contributed by atoms with Crippen LogP contribution in [0.3, 0.4) is 0 Å². The Morgan fingerprint density at radius 3 is 1.98 bits per heavy atom. The normalized spacial score (nSPS) is 12.7. The van der Waals surface area contributed by atoms with Crippen LogP contribution in [0.15, 0.2) is 77.7 Å². The van der Waals surface area contributed by atoms with Crippen molar-refractivity contribution in [1.29, 1.82) is 0 Å². The Labute approximate surface area is 252 Å². The van der Waals surface area contributed by atoms with E-state index in [-0.39, 0.29) is 29.1 Å². The highest BCUT2D eigenvalue weighted by Crippen LogP contribution is 2.27. The van der Waals surface area contributed by atoms with Crippen LogP contribution in [-0.4, -0.2) is 50.4 Å². The number of ether oxygens (including phenoxy) is 1. The maximum atomic E-state index is 14.0. The Morgan fingerprint density at radius 2 is 1.44 bits per heavy atom. The smallest absolute Gasteiger partial charge is 0.264 e. The molecule has 2 amide bonds. The molecule has 0 fully saturated rings. The summed E-state index contributed by atoms with van der Waals surface area (Å²) in [5.41, 5.74) is 0.999. The molecule has 0 heterocycles. The monoisotopic (exact) mass is 619 g/mol. The van der Waals surface area contributed by atoms with Gasteiger partial charge in [0, 0.05) is 22.6 Å². The molecule has 0 saturated heterocycles. The fraction of sp³-hybridized carbons (Fsp3) is 0.333. The minimum absolute atomic E-state index is 0.0320. The molecule has 41 heavy (non-hydrogen) atoms. The van der Waals surface area contributed by atoms with Crippen LogP contribution in [0.5, 0.6) is 5.75 Å². The van der Waals surface area contributed by atoms with Crippen molar-refractivity contribution >= 4 is 50.7 Å². The van der Waals surface area contributed by atoms with Gasteiger partial charge in [-0.1, -0.05) is 42.3 Å². The molecular weight excluding hydrogens is 585 g/mol. The maximum Gasteiger partial charge on any atom is 0.264 e. The Kier molecular flexibility index (Phi) is 11.5. The van der Waals surface area contributed by atoms with Crippen LogP contribution in [0, 0.1) is 0 Å². The first kappa shape index (κ1) is 32.2. The van der Waals surface area contributed by atoms with E-state index in [1.807, 2.05) is 20.8 Å². The first-order valence-corrected chi connectivity index (χ1v) is 15.5.